The van der Waals surface area contributed by atoms with Crippen molar-refractivity contribution in [3.05, 3.63) is 28.2 Å². The number of Topliss-reactive ketones (excluding diaryl/α,β-unsaturated/α-hetero) is 1. The highest BCUT2D eigenvalue weighted by Gasteiger charge is 2.28. The standard InChI is InChI=1S/C11H12BrNO/c12-8-4-2-5-9(13)11(8)7-3-1-6-10(7)14/h2,4-5,7H,1,3,6,13H2. The summed E-state index contributed by atoms with van der Waals surface area (Å²) >= 11 is 3.45. The molecular formula is C11H12BrNO. The Morgan fingerprint density at radius 2 is 2.21 bits per heavy atom. The highest BCUT2D eigenvalue weighted by Crippen LogP contribution is 2.38. The minimum Gasteiger partial charge on any atom is -0.398 e. The molecule has 1 atom stereocenters. The molecule has 0 aliphatic heterocycles. The van der Waals surface area contributed by atoms with Crippen molar-refractivity contribution in [2.24, 2.45) is 0 Å². The molecule has 3 heteroatoms. The Hall–Kier alpha value is -0.830. The fourth-order valence-corrected chi connectivity index (χ4v) is 2.70. The Bertz CT molecular complexity index is 355. The van der Waals surface area contributed by atoms with Gasteiger partial charge in [0.15, 0.2) is 0 Å². The molecule has 1 saturated carbocycles. The van der Waals surface area contributed by atoms with E-state index in [0.717, 1.165) is 28.6 Å². The summed E-state index contributed by atoms with van der Waals surface area (Å²) in [5, 5.41) is 0. The SMILES string of the molecule is Nc1cccc(Br)c1C1CCCC1=O. The first-order valence-corrected chi connectivity index (χ1v) is 5.56. The van der Waals surface area contributed by atoms with E-state index in [-0.39, 0.29) is 5.92 Å². The predicted octanol–water partition coefficient (Wildman–Crippen LogP) is 2.87. The van der Waals surface area contributed by atoms with Crippen LogP contribution in [0, 0.1) is 0 Å². The molecule has 0 radical (unpaired) electrons. The Labute approximate surface area is 91.6 Å². The zero-order valence-electron chi connectivity index (χ0n) is 7.79. The van der Waals surface area contributed by atoms with E-state index < -0.39 is 0 Å². The van der Waals surface area contributed by atoms with E-state index in [0.29, 0.717) is 12.2 Å². The minimum absolute atomic E-state index is 0.0191. The number of anilines is 1. The molecule has 1 aromatic carbocycles. The van der Waals surface area contributed by atoms with Crippen LogP contribution < -0.4 is 5.73 Å². The summed E-state index contributed by atoms with van der Waals surface area (Å²) in [4.78, 5) is 11.6. The van der Waals surface area contributed by atoms with Crippen LogP contribution in [0.15, 0.2) is 22.7 Å². The fourth-order valence-electron chi connectivity index (χ4n) is 2.04. The van der Waals surface area contributed by atoms with Gasteiger partial charge in [0.05, 0.1) is 0 Å². The number of carbonyl (C=O) groups is 1. The average Bonchev–Trinajstić information content (AvgIpc) is 2.52. The molecule has 1 aliphatic carbocycles. The maximum absolute atomic E-state index is 11.6. The first kappa shape index (κ1) is 9.71. The molecule has 14 heavy (non-hydrogen) atoms. The van der Waals surface area contributed by atoms with Crippen LogP contribution in [0.25, 0.3) is 0 Å². The van der Waals surface area contributed by atoms with Gasteiger partial charge in [-0.25, -0.2) is 0 Å². The number of hydrogen-bond donors (Lipinski definition) is 1. The van der Waals surface area contributed by atoms with E-state index in [1.54, 1.807) is 0 Å². The molecule has 2 nitrogen and oxygen atoms in total. The molecule has 2 rings (SSSR count). The summed E-state index contributed by atoms with van der Waals surface area (Å²) in [6, 6.07) is 5.69. The Morgan fingerprint density at radius 3 is 2.79 bits per heavy atom. The average molecular weight is 254 g/mol. The van der Waals surface area contributed by atoms with Crippen molar-refractivity contribution in [1.29, 1.82) is 0 Å². The lowest BCUT2D eigenvalue weighted by molar-refractivity contribution is -0.118. The number of hydrogen-bond acceptors (Lipinski definition) is 2. The molecule has 0 saturated heterocycles. The van der Waals surface area contributed by atoms with Gasteiger partial charge >= 0.3 is 0 Å². The van der Waals surface area contributed by atoms with Crippen LogP contribution in [0.1, 0.15) is 30.7 Å². The molecule has 1 aromatic rings. The number of carbonyl (C=O) groups excluding carboxylic acids is 1. The van der Waals surface area contributed by atoms with E-state index in [2.05, 4.69) is 15.9 Å². The van der Waals surface area contributed by atoms with Crippen molar-refractivity contribution >= 4 is 27.4 Å². The molecule has 0 spiro atoms. The second-order valence-corrected chi connectivity index (χ2v) is 4.51. The van der Waals surface area contributed by atoms with Gasteiger partial charge in [0.1, 0.15) is 5.78 Å². The van der Waals surface area contributed by atoms with E-state index >= 15 is 0 Å². The highest BCUT2D eigenvalue weighted by molar-refractivity contribution is 9.10. The number of rotatable bonds is 1. The fraction of sp³-hybridized carbons (Fsp3) is 0.364. The number of ketones is 1. The van der Waals surface area contributed by atoms with Crippen molar-refractivity contribution in [3.8, 4) is 0 Å². The van der Waals surface area contributed by atoms with Gasteiger partial charge < -0.3 is 5.73 Å². The third-order valence-corrected chi connectivity index (χ3v) is 3.43. The molecule has 1 aliphatic rings. The molecule has 74 valence electrons. The third-order valence-electron chi connectivity index (χ3n) is 2.74. The van der Waals surface area contributed by atoms with Crippen molar-refractivity contribution < 1.29 is 4.79 Å². The topological polar surface area (TPSA) is 43.1 Å². The van der Waals surface area contributed by atoms with Crippen LogP contribution in [-0.4, -0.2) is 5.78 Å². The molecule has 1 fully saturated rings. The zero-order valence-corrected chi connectivity index (χ0v) is 9.38. The number of benzene rings is 1. The Balaban J connectivity index is 2.44. The second-order valence-electron chi connectivity index (χ2n) is 3.65. The Kier molecular flexibility index (Phi) is 2.59. The molecule has 0 aromatic heterocycles. The van der Waals surface area contributed by atoms with Gasteiger partial charge in [-0.1, -0.05) is 22.0 Å². The Morgan fingerprint density at radius 1 is 1.43 bits per heavy atom. The monoisotopic (exact) mass is 253 g/mol. The number of nitrogen functional groups attached to an aromatic ring is 1. The van der Waals surface area contributed by atoms with Gasteiger partial charge in [-0.3, -0.25) is 4.79 Å². The van der Waals surface area contributed by atoms with Crippen molar-refractivity contribution in [2.45, 2.75) is 25.2 Å². The summed E-state index contributed by atoms with van der Waals surface area (Å²) in [7, 11) is 0. The van der Waals surface area contributed by atoms with Gasteiger partial charge in [-0.2, -0.15) is 0 Å². The van der Waals surface area contributed by atoms with Gasteiger partial charge in [-0.15, -0.1) is 0 Å². The quantitative estimate of drug-likeness (QED) is 0.783. The van der Waals surface area contributed by atoms with Crippen LogP contribution in [0.4, 0.5) is 5.69 Å². The largest absolute Gasteiger partial charge is 0.398 e. The van der Waals surface area contributed by atoms with E-state index in [1.807, 2.05) is 18.2 Å². The number of nitrogens with two attached hydrogens (primary N) is 1. The van der Waals surface area contributed by atoms with Crippen molar-refractivity contribution in [3.63, 3.8) is 0 Å². The van der Waals surface area contributed by atoms with Crippen LogP contribution in [0.5, 0.6) is 0 Å². The summed E-state index contributed by atoms with van der Waals surface area (Å²) in [6.07, 6.45) is 2.63. The lowest BCUT2D eigenvalue weighted by atomic mass is 9.95. The van der Waals surface area contributed by atoms with E-state index in [9.17, 15) is 4.79 Å². The number of halogens is 1. The van der Waals surface area contributed by atoms with Crippen LogP contribution in [0.3, 0.4) is 0 Å². The van der Waals surface area contributed by atoms with Gasteiger partial charge in [0.25, 0.3) is 0 Å². The normalized spacial score (nSPS) is 21.5. The van der Waals surface area contributed by atoms with Crippen molar-refractivity contribution in [1.82, 2.24) is 0 Å². The van der Waals surface area contributed by atoms with Crippen LogP contribution in [0.2, 0.25) is 0 Å². The molecule has 0 heterocycles. The highest BCUT2D eigenvalue weighted by atomic mass is 79.9. The molecule has 1 unspecified atom stereocenters. The summed E-state index contributed by atoms with van der Waals surface area (Å²) in [5.74, 6) is 0.342. The zero-order chi connectivity index (χ0) is 10.1. The maximum atomic E-state index is 11.6. The molecular weight excluding hydrogens is 242 g/mol. The minimum atomic E-state index is 0.0191. The smallest absolute Gasteiger partial charge is 0.140 e. The lowest BCUT2D eigenvalue weighted by Crippen LogP contribution is -2.08. The van der Waals surface area contributed by atoms with Gasteiger partial charge in [0.2, 0.25) is 0 Å². The molecule has 2 N–H and O–H groups in total. The van der Waals surface area contributed by atoms with Gasteiger partial charge in [0, 0.05) is 22.5 Å². The summed E-state index contributed by atoms with van der Waals surface area (Å²) < 4.78 is 0.956. The van der Waals surface area contributed by atoms with Gasteiger partial charge in [-0.05, 0) is 30.5 Å². The first-order chi connectivity index (χ1) is 6.70. The first-order valence-electron chi connectivity index (χ1n) is 4.76. The van der Waals surface area contributed by atoms with Crippen LogP contribution >= 0.6 is 15.9 Å². The molecule has 0 amide bonds. The van der Waals surface area contributed by atoms with E-state index in [4.69, 9.17) is 5.73 Å². The lowest BCUT2D eigenvalue weighted by Gasteiger charge is -2.13. The predicted molar refractivity (Wildman–Crippen MR) is 60.2 cm³/mol. The molecule has 0 bridgehead atoms. The summed E-state index contributed by atoms with van der Waals surface area (Å²) in [5.41, 5.74) is 7.58. The summed E-state index contributed by atoms with van der Waals surface area (Å²) in [6.45, 7) is 0. The third kappa shape index (κ3) is 1.57. The van der Waals surface area contributed by atoms with Crippen LogP contribution in [-0.2, 0) is 4.79 Å². The van der Waals surface area contributed by atoms with Crippen molar-refractivity contribution in [2.75, 3.05) is 5.73 Å². The maximum Gasteiger partial charge on any atom is 0.140 e. The second kappa shape index (κ2) is 3.73. The van der Waals surface area contributed by atoms with E-state index in [1.165, 1.54) is 0 Å².